The van der Waals surface area contributed by atoms with Crippen molar-refractivity contribution in [1.82, 2.24) is 0 Å². The summed E-state index contributed by atoms with van der Waals surface area (Å²) in [7, 11) is 0. The molecular formula is C20H24O2S. The van der Waals surface area contributed by atoms with Crippen molar-refractivity contribution in [2.24, 2.45) is 23.2 Å². The third kappa shape index (κ3) is 3.25. The Morgan fingerprint density at radius 1 is 1.09 bits per heavy atom. The Kier molecular flexibility index (Phi) is 4.07. The van der Waals surface area contributed by atoms with Gasteiger partial charge in [0.15, 0.2) is 11.1 Å². The molecular weight excluding hydrogens is 304 g/mol. The molecule has 4 bridgehead atoms. The lowest BCUT2D eigenvalue weighted by Crippen LogP contribution is -2.45. The van der Waals surface area contributed by atoms with Gasteiger partial charge in [0, 0.05) is 5.41 Å². The number of rotatable bonds is 3. The number of hydrogen-bond acceptors (Lipinski definition) is 2. The smallest absolute Gasteiger partial charge is 0.190 e. The van der Waals surface area contributed by atoms with E-state index in [1.807, 2.05) is 31.2 Å². The molecule has 0 amide bonds. The van der Waals surface area contributed by atoms with Crippen molar-refractivity contribution in [3.8, 4) is 11.8 Å². The molecule has 0 heterocycles. The summed E-state index contributed by atoms with van der Waals surface area (Å²) in [6, 6.07) is 7.63. The van der Waals surface area contributed by atoms with Gasteiger partial charge in [-0.1, -0.05) is 29.5 Å². The zero-order valence-corrected chi connectivity index (χ0v) is 14.5. The highest BCUT2D eigenvalue weighted by Crippen LogP contribution is 2.59. The molecule has 4 aliphatic carbocycles. The van der Waals surface area contributed by atoms with E-state index < -0.39 is 11.1 Å². The molecule has 1 aromatic carbocycles. The van der Waals surface area contributed by atoms with Crippen LogP contribution in [0.1, 0.15) is 44.1 Å². The topological polar surface area (TPSA) is 26.3 Å². The first-order valence-corrected chi connectivity index (χ1v) is 9.81. The fourth-order valence-electron chi connectivity index (χ4n) is 5.29. The Morgan fingerprint density at radius 3 is 2.22 bits per heavy atom. The zero-order valence-electron chi connectivity index (χ0n) is 13.7. The molecule has 0 aliphatic heterocycles. The summed E-state index contributed by atoms with van der Waals surface area (Å²) in [5.41, 5.74) is 1.41. The summed E-state index contributed by atoms with van der Waals surface area (Å²) >= 11 is -1.41. The van der Waals surface area contributed by atoms with Gasteiger partial charge in [-0.05, 0) is 75.3 Å². The van der Waals surface area contributed by atoms with E-state index in [0.29, 0.717) is 4.90 Å². The minimum Gasteiger partial charge on any atom is -0.274 e. The van der Waals surface area contributed by atoms with E-state index in [2.05, 4.69) is 11.8 Å². The second-order valence-corrected chi connectivity index (χ2v) is 8.99. The van der Waals surface area contributed by atoms with Crippen LogP contribution in [0.25, 0.3) is 0 Å². The van der Waals surface area contributed by atoms with Gasteiger partial charge in [0.25, 0.3) is 0 Å². The highest BCUT2D eigenvalue weighted by molar-refractivity contribution is 7.80. The van der Waals surface area contributed by atoms with E-state index in [1.165, 1.54) is 38.5 Å². The molecule has 0 N–H and O–H groups in total. The lowest BCUT2D eigenvalue weighted by molar-refractivity contribution is -0.0182. The predicted molar refractivity (Wildman–Crippen MR) is 91.9 cm³/mol. The Bertz CT molecular complexity index is 630. The largest absolute Gasteiger partial charge is 0.274 e. The molecule has 5 rings (SSSR count). The quantitative estimate of drug-likeness (QED) is 0.775. The van der Waals surface area contributed by atoms with Crippen LogP contribution < -0.4 is 0 Å². The molecule has 23 heavy (non-hydrogen) atoms. The number of benzene rings is 1. The maximum absolute atomic E-state index is 12.1. The van der Waals surface area contributed by atoms with Gasteiger partial charge < -0.3 is 0 Å². The summed E-state index contributed by atoms with van der Waals surface area (Å²) in [6.45, 7) is 2.28. The average molecular weight is 328 g/mol. The Morgan fingerprint density at radius 2 is 1.65 bits per heavy atom. The number of hydrogen-bond donors (Lipinski definition) is 0. The first-order chi connectivity index (χ1) is 11.1. The monoisotopic (exact) mass is 328 g/mol. The molecule has 1 aromatic rings. The Balaban J connectivity index is 1.36. The predicted octanol–water partition coefficient (Wildman–Crippen LogP) is 4.25. The van der Waals surface area contributed by atoms with Crippen LogP contribution in [0.4, 0.5) is 0 Å². The maximum Gasteiger partial charge on any atom is 0.190 e. The Labute approximate surface area is 141 Å². The van der Waals surface area contributed by atoms with Crippen LogP contribution in [-0.4, -0.2) is 10.8 Å². The molecule has 0 saturated heterocycles. The van der Waals surface area contributed by atoms with Crippen LogP contribution in [0.5, 0.6) is 0 Å². The van der Waals surface area contributed by atoms with Crippen LogP contribution >= 0.6 is 0 Å². The van der Waals surface area contributed by atoms with E-state index in [1.54, 1.807) is 0 Å². The molecule has 4 aliphatic rings. The van der Waals surface area contributed by atoms with Gasteiger partial charge in [0.1, 0.15) is 6.61 Å². The van der Waals surface area contributed by atoms with E-state index in [0.717, 1.165) is 23.3 Å². The zero-order chi connectivity index (χ0) is 15.9. The van der Waals surface area contributed by atoms with Crippen LogP contribution in [0, 0.1) is 41.9 Å². The van der Waals surface area contributed by atoms with Crippen molar-refractivity contribution in [3.05, 3.63) is 29.8 Å². The van der Waals surface area contributed by atoms with Crippen molar-refractivity contribution in [2.45, 2.75) is 50.3 Å². The standard InChI is InChI=1S/C20H24O2S/c1-15-3-5-19(6-4-15)23(21)22-8-2-7-20-12-16-9-17(13-20)11-18(10-16)14-20/h3-6,16-18H,8-14H2,1H3/t16?,17?,18?,20?,23-/m0/s1. The molecule has 0 unspecified atom stereocenters. The van der Waals surface area contributed by atoms with Crippen molar-refractivity contribution in [1.29, 1.82) is 0 Å². The van der Waals surface area contributed by atoms with Crippen LogP contribution in [0.2, 0.25) is 0 Å². The van der Waals surface area contributed by atoms with Gasteiger partial charge in [0.2, 0.25) is 0 Å². The average Bonchev–Trinajstić information content (AvgIpc) is 2.51. The molecule has 122 valence electrons. The van der Waals surface area contributed by atoms with Crippen LogP contribution in [0.15, 0.2) is 29.2 Å². The van der Waals surface area contributed by atoms with Gasteiger partial charge >= 0.3 is 0 Å². The van der Waals surface area contributed by atoms with E-state index in [9.17, 15) is 4.21 Å². The second-order valence-electron chi connectivity index (χ2n) is 7.81. The molecule has 3 heteroatoms. The van der Waals surface area contributed by atoms with E-state index in [-0.39, 0.29) is 12.0 Å². The van der Waals surface area contributed by atoms with Crippen molar-refractivity contribution in [3.63, 3.8) is 0 Å². The number of aryl methyl sites for hydroxylation is 1. The molecule has 2 nitrogen and oxygen atoms in total. The lowest BCUT2D eigenvalue weighted by atomic mass is 9.50. The fourth-order valence-corrected chi connectivity index (χ4v) is 5.95. The van der Waals surface area contributed by atoms with Crippen LogP contribution in [-0.2, 0) is 15.3 Å². The lowest BCUT2D eigenvalue weighted by Gasteiger charge is -2.54. The van der Waals surface area contributed by atoms with Crippen molar-refractivity contribution in [2.75, 3.05) is 6.61 Å². The van der Waals surface area contributed by atoms with E-state index >= 15 is 0 Å². The maximum atomic E-state index is 12.1. The first kappa shape index (κ1) is 15.4. The SMILES string of the molecule is Cc1ccc([S@@](=O)OCC#CC23CC4CC(CC(C4)C2)C3)cc1. The minimum absolute atomic E-state index is 0.253. The third-order valence-electron chi connectivity index (χ3n) is 5.84. The van der Waals surface area contributed by atoms with Gasteiger partial charge in [-0.2, -0.15) is 0 Å². The summed E-state index contributed by atoms with van der Waals surface area (Å²) in [4.78, 5) is 0.715. The molecule has 4 saturated carbocycles. The Hall–Kier alpha value is -1.11. The molecule has 1 atom stereocenters. The van der Waals surface area contributed by atoms with Gasteiger partial charge in [-0.15, -0.1) is 0 Å². The molecule has 0 spiro atoms. The minimum atomic E-state index is -1.41. The van der Waals surface area contributed by atoms with Crippen molar-refractivity contribution >= 4 is 11.1 Å². The van der Waals surface area contributed by atoms with Crippen molar-refractivity contribution < 1.29 is 8.39 Å². The van der Waals surface area contributed by atoms with Gasteiger partial charge in [-0.3, -0.25) is 4.18 Å². The molecule has 0 radical (unpaired) electrons. The summed E-state index contributed by atoms with van der Waals surface area (Å²) in [6.07, 6.45) is 8.17. The van der Waals surface area contributed by atoms with E-state index in [4.69, 9.17) is 4.18 Å². The molecule has 4 fully saturated rings. The molecule has 0 aromatic heterocycles. The first-order valence-electron chi connectivity index (χ1n) is 8.74. The van der Waals surface area contributed by atoms with Gasteiger partial charge in [0.05, 0.1) is 4.90 Å². The highest BCUT2D eigenvalue weighted by atomic mass is 32.2. The highest BCUT2D eigenvalue weighted by Gasteiger charge is 2.50. The summed E-state index contributed by atoms with van der Waals surface area (Å²) < 4.78 is 17.5. The summed E-state index contributed by atoms with van der Waals surface area (Å²) in [5, 5.41) is 0. The fraction of sp³-hybridized carbons (Fsp3) is 0.600. The van der Waals surface area contributed by atoms with Crippen LogP contribution in [0.3, 0.4) is 0 Å². The second kappa shape index (κ2) is 6.07. The van der Waals surface area contributed by atoms with Gasteiger partial charge in [-0.25, -0.2) is 4.21 Å². The summed E-state index contributed by atoms with van der Waals surface area (Å²) in [5.74, 6) is 9.47. The normalized spacial score (nSPS) is 35.6. The third-order valence-corrected chi connectivity index (χ3v) is 6.83.